The third kappa shape index (κ3) is 4.34. The largest absolute Gasteiger partial charge is 2.00 e. The fraction of sp³-hybridized carbons (Fsp3) is 0.190. The van der Waals surface area contributed by atoms with Gasteiger partial charge in [0.25, 0.3) is 0 Å². The van der Waals surface area contributed by atoms with Crippen molar-refractivity contribution in [3.63, 3.8) is 0 Å². The molecule has 3 rings (SSSR count). The van der Waals surface area contributed by atoms with Crippen LogP contribution in [0.4, 0.5) is 0 Å². The molecule has 0 aliphatic heterocycles. The van der Waals surface area contributed by atoms with E-state index in [1.807, 2.05) is 13.8 Å². The second-order valence-electron chi connectivity index (χ2n) is 5.17. The van der Waals surface area contributed by atoms with Gasteiger partial charge < -0.3 is 0 Å². The summed E-state index contributed by atoms with van der Waals surface area (Å²) in [5.74, 6) is 0. The molecular formula is C21H22Zr. The third-order valence-electron chi connectivity index (χ3n) is 3.92. The fourth-order valence-electron chi connectivity index (χ4n) is 2.32. The zero-order valence-corrected chi connectivity index (χ0v) is 16.2. The Hall–Kier alpha value is -1.33. The zero-order chi connectivity index (χ0) is 15.2. The van der Waals surface area contributed by atoms with E-state index in [0.29, 0.717) is 0 Å². The number of fused-ring (bicyclic) bond motifs is 3. The minimum atomic E-state index is 0. The molecule has 22 heavy (non-hydrogen) atoms. The molecule has 0 N–H and O–H groups in total. The van der Waals surface area contributed by atoms with E-state index < -0.39 is 0 Å². The molecule has 0 unspecified atom stereocenters. The van der Waals surface area contributed by atoms with Gasteiger partial charge in [-0.3, -0.25) is 6.08 Å². The maximum absolute atomic E-state index is 3.06. The predicted molar refractivity (Wildman–Crippen MR) is 94.6 cm³/mol. The van der Waals surface area contributed by atoms with Gasteiger partial charge in [0, 0.05) is 0 Å². The molecule has 0 heterocycles. The van der Waals surface area contributed by atoms with Gasteiger partial charge in [0.2, 0.25) is 0 Å². The molecule has 0 saturated carbocycles. The molecule has 3 aromatic rings. The number of allylic oxidation sites excluding steroid dienone is 4. The van der Waals surface area contributed by atoms with Gasteiger partial charge in [0.15, 0.2) is 0 Å². The van der Waals surface area contributed by atoms with E-state index in [9.17, 15) is 0 Å². The second kappa shape index (κ2) is 8.96. The van der Waals surface area contributed by atoms with Gasteiger partial charge >= 0.3 is 26.2 Å². The quantitative estimate of drug-likeness (QED) is 0.344. The van der Waals surface area contributed by atoms with Gasteiger partial charge in [-0.05, 0) is 0 Å². The van der Waals surface area contributed by atoms with Crippen molar-refractivity contribution in [3.8, 4) is 0 Å². The molecular weight excluding hydrogens is 343 g/mol. The second-order valence-corrected chi connectivity index (χ2v) is 5.17. The van der Waals surface area contributed by atoms with E-state index in [2.05, 4.69) is 80.6 Å². The molecule has 0 saturated heterocycles. The van der Waals surface area contributed by atoms with Crippen LogP contribution in [0.25, 0.3) is 21.5 Å². The molecule has 0 radical (unpaired) electrons. The first-order valence-electron chi connectivity index (χ1n) is 7.35. The Kier molecular flexibility index (Phi) is 7.62. The molecule has 0 bridgehead atoms. The summed E-state index contributed by atoms with van der Waals surface area (Å²) >= 11 is 0. The van der Waals surface area contributed by atoms with Gasteiger partial charge in [-0.25, -0.2) is 11.1 Å². The molecule has 0 aliphatic carbocycles. The molecule has 0 nitrogen and oxygen atoms in total. The van der Waals surface area contributed by atoms with E-state index >= 15 is 0 Å². The van der Waals surface area contributed by atoms with E-state index in [-0.39, 0.29) is 26.2 Å². The Morgan fingerprint density at radius 3 is 1.73 bits per heavy atom. The molecule has 0 atom stereocenters. The van der Waals surface area contributed by atoms with Crippen molar-refractivity contribution in [1.29, 1.82) is 0 Å². The Morgan fingerprint density at radius 1 is 0.909 bits per heavy atom. The first kappa shape index (κ1) is 18.7. The van der Waals surface area contributed by atoms with Crippen LogP contribution in [0.1, 0.15) is 27.7 Å². The van der Waals surface area contributed by atoms with Crippen LogP contribution in [0, 0.1) is 6.08 Å². The van der Waals surface area contributed by atoms with Gasteiger partial charge in [-0.2, -0.15) is 6.08 Å². The van der Waals surface area contributed by atoms with Crippen molar-refractivity contribution in [3.05, 3.63) is 77.9 Å². The molecule has 1 heteroatoms. The molecule has 0 aromatic heterocycles. The first-order chi connectivity index (χ1) is 10.2. The Balaban J connectivity index is 0.000000238. The minimum absolute atomic E-state index is 0. The molecule has 3 aromatic carbocycles. The summed E-state index contributed by atoms with van der Waals surface area (Å²) < 4.78 is 0. The normalized spacial score (nSPS) is 11.8. The van der Waals surface area contributed by atoms with Crippen LogP contribution in [0.2, 0.25) is 0 Å². The van der Waals surface area contributed by atoms with Crippen LogP contribution in [-0.2, 0) is 26.2 Å². The summed E-state index contributed by atoms with van der Waals surface area (Å²) in [7, 11) is 0. The molecule has 110 valence electrons. The number of hydrogen-bond acceptors (Lipinski definition) is 0. The van der Waals surface area contributed by atoms with E-state index in [4.69, 9.17) is 0 Å². The molecule has 0 fully saturated rings. The third-order valence-corrected chi connectivity index (χ3v) is 3.92. The van der Waals surface area contributed by atoms with Crippen molar-refractivity contribution in [1.82, 2.24) is 0 Å². The van der Waals surface area contributed by atoms with Crippen LogP contribution in [0.3, 0.4) is 0 Å². The van der Waals surface area contributed by atoms with E-state index in [1.165, 1.54) is 32.7 Å². The average molecular weight is 366 g/mol. The fourth-order valence-corrected chi connectivity index (χ4v) is 2.32. The summed E-state index contributed by atoms with van der Waals surface area (Å²) in [6.45, 7) is 8.12. The molecule has 0 spiro atoms. The average Bonchev–Trinajstić information content (AvgIpc) is 2.92. The molecule has 0 amide bonds. The summed E-state index contributed by atoms with van der Waals surface area (Å²) in [6, 6.07) is 19.3. The monoisotopic (exact) mass is 364 g/mol. The van der Waals surface area contributed by atoms with E-state index in [0.717, 1.165) is 0 Å². The summed E-state index contributed by atoms with van der Waals surface area (Å²) in [6.07, 6.45) is 5.15. The summed E-state index contributed by atoms with van der Waals surface area (Å²) in [4.78, 5) is 0. The summed E-state index contributed by atoms with van der Waals surface area (Å²) in [5, 5.41) is 5.39. The Labute approximate surface area is 153 Å². The topological polar surface area (TPSA) is 0 Å². The standard InChI is InChI=1S/C13H9.C8H13.Zr/c1-3-7-12-10(5-1)9-11-6-2-4-8-13(11)12;1-5-7(3)8(4)6-2;/h1-9H;5H,1-4H3;/q2*-1;+2. The Bertz CT molecular complexity index is 721. The number of benzene rings is 2. The van der Waals surface area contributed by atoms with Crippen LogP contribution in [0.15, 0.2) is 71.8 Å². The van der Waals surface area contributed by atoms with Crippen LogP contribution >= 0.6 is 0 Å². The minimum Gasteiger partial charge on any atom is -0.275 e. The predicted octanol–water partition coefficient (Wildman–Crippen LogP) is 6.43. The van der Waals surface area contributed by atoms with Crippen molar-refractivity contribution in [2.45, 2.75) is 27.7 Å². The van der Waals surface area contributed by atoms with Crippen LogP contribution < -0.4 is 0 Å². The molecule has 0 aliphatic rings. The summed E-state index contributed by atoms with van der Waals surface area (Å²) in [5.41, 5.74) is 2.56. The van der Waals surface area contributed by atoms with Crippen molar-refractivity contribution in [2.24, 2.45) is 0 Å². The first-order valence-corrected chi connectivity index (χ1v) is 7.35. The smallest absolute Gasteiger partial charge is 0.275 e. The number of rotatable bonds is 1. The van der Waals surface area contributed by atoms with E-state index in [1.54, 1.807) is 0 Å². The van der Waals surface area contributed by atoms with Crippen molar-refractivity contribution >= 4 is 21.5 Å². The van der Waals surface area contributed by atoms with Gasteiger partial charge in [-0.1, -0.05) is 50.2 Å². The van der Waals surface area contributed by atoms with Crippen LogP contribution in [-0.4, -0.2) is 0 Å². The Morgan fingerprint density at radius 2 is 1.36 bits per heavy atom. The van der Waals surface area contributed by atoms with Gasteiger partial charge in [0.05, 0.1) is 0 Å². The maximum Gasteiger partial charge on any atom is 2.00 e. The van der Waals surface area contributed by atoms with Gasteiger partial charge in [0.1, 0.15) is 0 Å². The number of hydrogen-bond donors (Lipinski definition) is 0. The zero-order valence-electron chi connectivity index (χ0n) is 13.8. The van der Waals surface area contributed by atoms with Crippen molar-refractivity contribution < 1.29 is 26.2 Å². The van der Waals surface area contributed by atoms with Gasteiger partial charge in [-0.15, -0.1) is 53.6 Å². The van der Waals surface area contributed by atoms with Crippen LogP contribution in [0.5, 0.6) is 0 Å². The SMILES string of the molecule is C[C-]=C(C)C(C)=CC.[Zr+2].c1ccc2c(c1)[cH-]c1ccccc12. The van der Waals surface area contributed by atoms with Crippen molar-refractivity contribution in [2.75, 3.05) is 0 Å². The maximum atomic E-state index is 3.06.